The van der Waals surface area contributed by atoms with Gasteiger partial charge in [0.2, 0.25) is 0 Å². The van der Waals surface area contributed by atoms with Crippen LogP contribution in [0.3, 0.4) is 0 Å². The fraction of sp³-hybridized carbons (Fsp3) is 0.212. The van der Waals surface area contributed by atoms with Gasteiger partial charge in [-0.3, -0.25) is 4.90 Å². The number of nitrogens with one attached hydrogen (secondary N) is 1. The lowest BCUT2D eigenvalue weighted by atomic mass is 8.18. The molecule has 2 unspecified atom stereocenters. The zero-order valence-electron chi connectivity index (χ0n) is 79.3. The van der Waals surface area contributed by atoms with E-state index in [9.17, 15) is 4.39 Å². The first-order valence-electron chi connectivity index (χ1n) is 46.3. The molecule has 496 valence electrons. The Bertz CT molecular complexity index is 4020. The minimum atomic E-state index is -2.33. The molecule has 1 N–H and O–H groups in total. The summed E-state index contributed by atoms with van der Waals surface area (Å²) >= 11 is 6.36. The predicted octanol–water partition coefficient (Wildman–Crippen LogP) is -30.3. The first kappa shape index (κ1) is 130. The zero-order chi connectivity index (χ0) is 106. The summed E-state index contributed by atoms with van der Waals surface area (Å²) in [5.41, 5.74) is 8.20. The highest BCUT2D eigenvalue weighted by Gasteiger charge is 2.69. The van der Waals surface area contributed by atoms with Crippen molar-refractivity contribution in [3.05, 3.63) is 129 Å². The van der Waals surface area contributed by atoms with Gasteiger partial charge < -0.3 is 14.5 Å². The van der Waals surface area contributed by atoms with E-state index < -0.39 is 313 Å². The van der Waals surface area contributed by atoms with Crippen molar-refractivity contribution in [1.82, 2.24) is 9.88 Å². The smallest absolute Gasteiger partial charge is 0.161 e. The summed E-state index contributed by atoms with van der Waals surface area (Å²) in [5.74, 6) is 1.27. The number of fused-ring (bicyclic) bond motifs is 6. The Morgan fingerprint density at radius 2 is 0.590 bits per heavy atom. The number of benzene rings is 4. The number of aromatic nitrogens is 1. The molecule has 2 aliphatic heterocycles. The van der Waals surface area contributed by atoms with Crippen LogP contribution in [0.2, 0.25) is 5.02 Å². The fourth-order valence-corrected chi connectivity index (χ4v) is 24.5. The molecule has 102 radical (unpaired) electrons. The van der Waals surface area contributed by atoms with Gasteiger partial charge in [0.25, 0.3) is 0 Å². The summed E-state index contributed by atoms with van der Waals surface area (Å²) in [7, 11) is 364. The summed E-state index contributed by atoms with van der Waals surface area (Å²) < 4.78 is 26.0. The maximum Gasteiger partial charge on any atom is 0.161 e. The van der Waals surface area contributed by atoms with Crippen molar-refractivity contribution in [3.8, 4) is 11.5 Å². The Labute approximate surface area is 930 Å². The van der Waals surface area contributed by atoms with Gasteiger partial charge in [-0.15, -0.1) is 0 Å². The van der Waals surface area contributed by atoms with Crippen LogP contribution in [-0.2, 0) is 19.4 Å². The molecule has 3 heterocycles. The fourth-order valence-electron chi connectivity index (χ4n) is 24.3. The van der Waals surface area contributed by atoms with Gasteiger partial charge in [0.15, 0.2) is 11.5 Å². The lowest BCUT2D eigenvalue weighted by Crippen LogP contribution is -3.01. The van der Waals surface area contributed by atoms with Crippen LogP contribution < -0.4 is 9.47 Å². The average Bonchev–Trinajstić information content (AvgIpc) is 1.60. The van der Waals surface area contributed by atoms with E-state index in [0.717, 1.165) is 53.2 Å². The highest BCUT2D eigenvalue weighted by Crippen LogP contribution is 2.50. The number of rotatable bonds is 53. The Morgan fingerprint density at radius 3 is 0.863 bits per heavy atom. The number of ether oxygens (including phenoxy) is 2. The Balaban J connectivity index is 0.000000615. The van der Waals surface area contributed by atoms with E-state index >= 15 is 0 Å². The second kappa shape index (κ2) is 59.0. The molecular weight excluding hydrogens is 1590 g/mol. The third kappa shape index (κ3) is 32.2. The molecular formula is C33H28B100ClFN2O2. The van der Waals surface area contributed by atoms with Crippen LogP contribution in [0.5, 0.6) is 11.5 Å². The number of aromatic amines is 1. The summed E-state index contributed by atoms with van der Waals surface area (Å²) in [6, 6.07) is 27.6. The molecule has 5 aromatic rings. The average molecular weight is 1620 g/mol. The topological polar surface area (TPSA) is 37.5 Å². The van der Waals surface area contributed by atoms with E-state index in [-0.39, 0.29) is 17.9 Å². The molecule has 2 atom stereocenters. The number of nitrogens with zero attached hydrogens (tertiary/aromatic N) is 1. The molecule has 7 rings (SSSR count). The molecule has 0 saturated carbocycles. The molecule has 4 nitrogen and oxygen atoms in total. The van der Waals surface area contributed by atoms with Crippen molar-refractivity contribution in [2.75, 3.05) is 13.7 Å². The molecule has 1 aromatic heterocycles. The van der Waals surface area contributed by atoms with Gasteiger partial charge in [0.05, 0.1) is 13.2 Å². The van der Waals surface area contributed by atoms with Crippen LogP contribution >= 0.6 is 11.6 Å². The maximum absolute atomic E-state index is 13.9. The van der Waals surface area contributed by atoms with E-state index in [0.29, 0.717) is 11.6 Å². The minimum absolute atomic E-state index is 0.0290. The minimum Gasteiger partial charge on any atom is -0.493 e. The zero-order valence-corrected chi connectivity index (χ0v) is 80.1. The van der Waals surface area contributed by atoms with Crippen molar-refractivity contribution in [2.45, 2.75) is 31.5 Å². The molecule has 0 amide bonds. The molecule has 0 spiro atoms. The molecule has 139 heavy (non-hydrogen) atoms. The van der Waals surface area contributed by atoms with Crippen LogP contribution in [0.1, 0.15) is 45.6 Å². The molecule has 2 aliphatic rings. The molecule has 0 bridgehead atoms. The Hall–Kier alpha value is 2.69. The Kier molecular flexibility index (Phi) is 55.3. The third-order valence-electron chi connectivity index (χ3n) is 29.5. The number of hydrogen-bond acceptors (Lipinski definition) is 3. The number of methoxy groups -OCH3 is 1. The van der Waals surface area contributed by atoms with Crippen LogP contribution in [0.4, 0.5) is 4.39 Å². The standard InChI is InChI=1S/C33H28ClFN2O2.B100/c1-38-30-18-26-22(15-31(30)39-19-20-5-3-2-4-6-20)13-14-37-29(26)17-27-25-12-9-23(34)16-28(25)36-32(27)33(37)21-7-10-24(35)11-8-21;1-52(2)77(51)90(78(53(3)4)54(5)6)96(89(75(47)48)76(49)50)99(95(87(71(39)40)72(41)42)88(73(43)44)74(45)46)100(97(91(79(55(7)8)56(9)10)80(57(11)12)58(13)14)92(81(59(15)16)60(17)18)82(61(19)20)62(21)22)98(93(83(63(23)24)64(25)26)84(65(27)28)66(29)30)94(85(67(31)32)68(33)34)86(69(35)36)70(37)38/h2-12,15-16,18,29,33,36H,13-14,17,19H2,1H3;. The van der Waals surface area contributed by atoms with Crippen molar-refractivity contribution in [2.24, 2.45) is 0 Å². The van der Waals surface area contributed by atoms with Crippen molar-refractivity contribution >= 4 is 730 Å². The monoisotopic (exact) mass is 1640 g/mol. The van der Waals surface area contributed by atoms with Crippen LogP contribution in [0.25, 0.3) is 10.9 Å². The van der Waals surface area contributed by atoms with Gasteiger partial charge in [-0.25, -0.2) is 4.39 Å². The van der Waals surface area contributed by atoms with Crippen molar-refractivity contribution in [3.63, 3.8) is 0 Å². The SMILES string of the molecule is COc1cc2c(cc1OCc1ccccc1)CCN1C2Cc2c([nH]c3cc(Cl)ccc23)C1c1ccc(F)cc1.[B]B([B])B([B])B(B(B([B])[B])B([B])[B])B(B(B([B])[B])B([B])[B])B(B(B(B([B])[B])B([B])[B])B(B([B])[B])B([B])[B])B(B(B(B(B([B])[B])B([B])[B])B(B([B])[B])B([B])[B])B(B(B([B])[B])B([B])[B])B(B([B])[B])B([B])[B])B(B(B(B([B])[B])B([B])[B])B(B([B])[B])B([B])[B])B(B(B([B])[B])B([B])[B])B(B([B])[B])B([B])[B]. The van der Waals surface area contributed by atoms with Gasteiger partial charge >= 0.3 is 0 Å². The molecule has 0 aliphatic carbocycles. The number of hydrogen-bond donors (Lipinski definition) is 1. The Morgan fingerprint density at radius 1 is 0.317 bits per heavy atom. The summed E-state index contributed by atoms with van der Waals surface area (Å²) in [6.45, 7) is 1.36. The van der Waals surface area contributed by atoms with Gasteiger partial charge in [-0.2, -0.15) is 0 Å². The third-order valence-corrected chi connectivity index (χ3v) is 29.7. The van der Waals surface area contributed by atoms with E-state index in [4.69, 9.17) is 416 Å². The summed E-state index contributed by atoms with van der Waals surface area (Å²) in [6.07, 6.45) is -91.6. The second-order valence-corrected chi connectivity index (χ2v) is 39.1. The van der Waals surface area contributed by atoms with Gasteiger partial charge in [-0.05, 0) is 77.1 Å². The van der Waals surface area contributed by atoms with E-state index in [1.54, 1.807) is 19.2 Å². The first-order chi connectivity index (χ1) is 64.5. The normalized spacial score (nSPS) is 12.2. The maximum atomic E-state index is 13.9. The second-order valence-electron chi connectivity index (χ2n) is 38.6. The molecule has 106 heteroatoms. The quantitative estimate of drug-likeness (QED) is 0.0394. The summed E-state index contributed by atoms with van der Waals surface area (Å²) in [4.78, 5) is 6.22. The lowest BCUT2D eigenvalue weighted by molar-refractivity contribution is 0.127. The largest absolute Gasteiger partial charge is 0.493 e. The predicted molar refractivity (Wildman–Crippen MR) is 728 cm³/mol. The van der Waals surface area contributed by atoms with Crippen molar-refractivity contribution in [1.29, 1.82) is 0 Å². The molecule has 4 aromatic carbocycles. The van der Waals surface area contributed by atoms with E-state index in [2.05, 4.69) is 40.2 Å². The lowest BCUT2D eigenvalue weighted by Gasteiger charge is -2.63. The van der Waals surface area contributed by atoms with Gasteiger partial charge in [0, 0.05) is 742 Å². The highest BCUT2D eigenvalue weighted by molar-refractivity contribution is 8.44. The van der Waals surface area contributed by atoms with Gasteiger partial charge in [0.1, 0.15) is 12.4 Å². The molecule has 0 fully saturated rings. The first-order valence-corrected chi connectivity index (χ1v) is 46.7. The van der Waals surface area contributed by atoms with E-state index in [1.807, 2.05) is 42.5 Å². The van der Waals surface area contributed by atoms with E-state index in [1.165, 1.54) is 22.1 Å². The number of H-pyrrole nitrogens is 1. The summed E-state index contributed by atoms with van der Waals surface area (Å²) in [5, 5.41) is 1.89. The number of halogens is 2. The van der Waals surface area contributed by atoms with Gasteiger partial charge in [-0.1, -0.05) is 60.1 Å². The van der Waals surface area contributed by atoms with Crippen LogP contribution in [-0.4, -0.2) is 731 Å². The molecule has 0 saturated heterocycles. The van der Waals surface area contributed by atoms with Crippen LogP contribution in [0, 0.1) is 5.82 Å². The highest BCUT2D eigenvalue weighted by atomic mass is 35.5. The van der Waals surface area contributed by atoms with Crippen LogP contribution in [0.15, 0.2) is 84.9 Å². The van der Waals surface area contributed by atoms with Crippen molar-refractivity contribution < 1.29 is 13.9 Å².